The third-order valence-corrected chi connectivity index (χ3v) is 6.03. The van der Waals surface area contributed by atoms with E-state index in [4.69, 9.17) is 23.0 Å². The summed E-state index contributed by atoms with van der Waals surface area (Å²) in [5.74, 6) is 0. The molecule has 1 aromatic rings. The molecular formula is C23H41O6P. The Hall–Kier alpha value is -0.750. The summed E-state index contributed by atoms with van der Waals surface area (Å²) < 4.78 is 40.5. The highest BCUT2D eigenvalue weighted by Gasteiger charge is 2.27. The third kappa shape index (κ3) is 13.5. The molecule has 0 radical (unpaired) electrons. The van der Waals surface area contributed by atoms with Crippen LogP contribution in [0.1, 0.15) is 70.8 Å². The highest BCUT2D eigenvalue weighted by molar-refractivity contribution is 7.48. The maximum atomic E-state index is 12.8. The van der Waals surface area contributed by atoms with E-state index in [1.54, 1.807) is 0 Å². The van der Waals surface area contributed by atoms with Crippen molar-refractivity contribution in [2.24, 2.45) is 0 Å². The van der Waals surface area contributed by atoms with Crippen LogP contribution < -0.4 is 0 Å². The van der Waals surface area contributed by atoms with Crippen molar-refractivity contribution >= 4 is 7.82 Å². The zero-order valence-electron chi connectivity index (χ0n) is 19.1. The molecule has 0 heterocycles. The van der Waals surface area contributed by atoms with E-state index in [9.17, 15) is 4.57 Å². The molecule has 0 bridgehead atoms. The number of unbranched alkanes of at least 4 members (excludes halogenated alkanes) is 6. The van der Waals surface area contributed by atoms with Gasteiger partial charge in [0.25, 0.3) is 0 Å². The lowest BCUT2D eigenvalue weighted by Gasteiger charge is -2.21. The van der Waals surface area contributed by atoms with Gasteiger partial charge >= 0.3 is 7.82 Å². The number of ether oxygens (including phenoxy) is 2. The summed E-state index contributed by atoms with van der Waals surface area (Å²) >= 11 is 0. The van der Waals surface area contributed by atoms with Gasteiger partial charge in [0.05, 0.1) is 19.8 Å². The van der Waals surface area contributed by atoms with E-state index >= 15 is 0 Å². The second-order valence-electron chi connectivity index (χ2n) is 7.37. The maximum absolute atomic E-state index is 12.8. The largest absolute Gasteiger partial charge is 0.474 e. The average Bonchev–Trinajstić information content (AvgIpc) is 2.78. The van der Waals surface area contributed by atoms with Crippen LogP contribution in [0.4, 0.5) is 0 Å². The standard InChI is InChI=1S/C23H41O6P/c1-4-6-8-13-17-26-20-23(27-18-14-9-7-5-2)21-29-30(24,25-3)28-19-22-15-11-10-12-16-22/h10-12,15-16,23H,4-9,13-14,17-21H2,1-3H3. The van der Waals surface area contributed by atoms with Crippen LogP contribution in [0.3, 0.4) is 0 Å². The lowest BCUT2D eigenvalue weighted by atomic mass is 10.2. The predicted octanol–water partition coefficient (Wildman–Crippen LogP) is 6.54. The minimum atomic E-state index is -3.66. The van der Waals surface area contributed by atoms with E-state index in [2.05, 4.69) is 13.8 Å². The minimum absolute atomic E-state index is 0.0998. The Morgan fingerprint density at radius 1 is 0.833 bits per heavy atom. The van der Waals surface area contributed by atoms with E-state index in [-0.39, 0.29) is 19.3 Å². The molecule has 0 aliphatic carbocycles. The number of phosphoric acid groups is 1. The monoisotopic (exact) mass is 444 g/mol. The second kappa shape index (κ2) is 17.9. The topological polar surface area (TPSA) is 63.2 Å². The Labute approximate surface area is 183 Å². The van der Waals surface area contributed by atoms with E-state index < -0.39 is 7.82 Å². The van der Waals surface area contributed by atoms with Crippen LogP contribution in [0.15, 0.2) is 30.3 Å². The fourth-order valence-electron chi connectivity index (χ4n) is 2.81. The average molecular weight is 445 g/mol. The summed E-state index contributed by atoms with van der Waals surface area (Å²) in [5, 5.41) is 0. The fourth-order valence-corrected chi connectivity index (χ4v) is 3.76. The molecule has 0 amide bonds. The van der Waals surface area contributed by atoms with Crippen molar-refractivity contribution in [1.82, 2.24) is 0 Å². The van der Waals surface area contributed by atoms with Crippen molar-refractivity contribution in [3.63, 3.8) is 0 Å². The molecule has 0 N–H and O–H groups in total. The van der Waals surface area contributed by atoms with Crippen molar-refractivity contribution in [3.05, 3.63) is 35.9 Å². The van der Waals surface area contributed by atoms with E-state index in [1.807, 2.05) is 30.3 Å². The Kier molecular flexibility index (Phi) is 16.3. The molecule has 1 rings (SSSR count). The number of rotatable bonds is 20. The Balaban J connectivity index is 2.44. The van der Waals surface area contributed by atoms with Gasteiger partial charge in [0, 0.05) is 20.3 Å². The summed E-state index contributed by atoms with van der Waals surface area (Å²) in [7, 11) is -2.33. The van der Waals surface area contributed by atoms with Crippen molar-refractivity contribution in [2.45, 2.75) is 77.9 Å². The van der Waals surface area contributed by atoms with Gasteiger partial charge in [-0.15, -0.1) is 0 Å². The van der Waals surface area contributed by atoms with Gasteiger partial charge in [0.2, 0.25) is 0 Å². The SMILES string of the molecule is CCCCCCOCC(COP(=O)(OC)OCc1ccccc1)OCCCCCC. The van der Waals surface area contributed by atoms with Crippen LogP contribution in [0, 0.1) is 0 Å². The molecule has 7 heteroatoms. The van der Waals surface area contributed by atoms with Gasteiger partial charge < -0.3 is 9.47 Å². The maximum Gasteiger partial charge on any atom is 0.474 e. The normalized spacial score (nSPS) is 14.5. The predicted molar refractivity (Wildman–Crippen MR) is 121 cm³/mol. The van der Waals surface area contributed by atoms with Crippen molar-refractivity contribution in [1.29, 1.82) is 0 Å². The third-order valence-electron chi connectivity index (χ3n) is 4.67. The van der Waals surface area contributed by atoms with Crippen LogP contribution in [0.5, 0.6) is 0 Å². The van der Waals surface area contributed by atoms with Crippen molar-refractivity contribution in [3.8, 4) is 0 Å². The number of phosphoric ester groups is 1. The van der Waals surface area contributed by atoms with Gasteiger partial charge in [-0.2, -0.15) is 0 Å². The number of hydrogen-bond donors (Lipinski definition) is 0. The van der Waals surface area contributed by atoms with Gasteiger partial charge in [0.15, 0.2) is 0 Å². The zero-order chi connectivity index (χ0) is 21.9. The van der Waals surface area contributed by atoms with Crippen molar-refractivity contribution in [2.75, 3.05) is 33.5 Å². The van der Waals surface area contributed by atoms with Crippen molar-refractivity contribution < 1.29 is 27.6 Å². The molecular weight excluding hydrogens is 403 g/mol. The molecule has 0 fully saturated rings. The summed E-state index contributed by atoms with van der Waals surface area (Å²) in [5.41, 5.74) is 0.900. The molecule has 0 aliphatic heterocycles. The summed E-state index contributed by atoms with van der Waals surface area (Å²) in [6, 6.07) is 9.51. The first-order chi connectivity index (χ1) is 14.6. The van der Waals surface area contributed by atoms with Crippen LogP contribution in [-0.2, 0) is 34.2 Å². The molecule has 0 aliphatic rings. The molecule has 0 spiro atoms. The second-order valence-corrected chi connectivity index (χ2v) is 9.15. The van der Waals surface area contributed by atoms with E-state index in [0.29, 0.717) is 19.8 Å². The van der Waals surface area contributed by atoms with Gasteiger partial charge in [-0.25, -0.2) is 4.57 Å². The molecule has 0 aromatic heterocycles. The Morgan fingerprint density at radius 2 is 1.50 bits per heavy atom. The van der Waals surface area contributed by atoms with E-state index in [0.717, 1.165) is 24.8 Å². The molecule has 2 atom stereocenters. The molecule has 30 heavy (non-hydrogen) atoms. The number of benzene rings is 1. The molecule has 0 saturated carbocycles. The van der Waals surface area contributed by atoms with Crippen LogP contribution in [0.2, 0.25) is 0 Å². The Morgan fingerprint density at radius 3 is 2.13 bits per heavy atom. The minimum Gasteiger partial charge on any atom is -0.379 e. The highest BCUT2D eigenvalue weighted by atomic mass is 31.2. The summed E-state index contributed by atoms with van der Waals surface area (Å²) in [4.78, 5) is 0. The fraction of sp³-hybridized carbons (Fsp3) is 0.739. The molecule has 1 aromatic carbocycles. The lowest BCUT2D eigenvalue weighted by molar-refractivity contribution is -0.0455. The lowest BCUT2D eigenvalue weighted by Crippen LogP contribution is -2.26. The first kappa shape index (κ1) is 27.3. The van der Waals surface area contributed by atoms with E-state index in [1.165, 1.54) is 39.2 Å². The van der Waals surface area contributed by atoms with Crippen LogP contribution >= 0.6 is 7.82 Å². The van der Waals surface area contributed by atoms with Gasteiger partial charge in [-0.1, -0.05) is 82.7 Å². The van der Waals surface area contributed by atoms with Gasteiger partial charge in [-0.3, -0.25) is 13.6 Å². The first-order valence-corrected chi connectivity index (χ1v) is 12.8. The molecule has 2 unspecified atom stereocenters. The molecule has 174 valence electrons. The number of hydrogen-bond acceptors (Lipinski definition) is 6. The summed E-state index contributed by atoms with van der Waals surface area (Å²) in [6.45, 7) is 6.36. The summed E-state index contributed by atoms with van der Waals surface area (Å²) in [6.07, 6.45) is 8.84. The first-order valence-electron chi connectivity index (χ1n) is 11.3. The smallest absolute Gasteiger partial charge is 0.379 e. The van der Waals surface area contributed by atoms with Gasteiger partial charge in [0.1, 0.15) is 6.10 Å². The quantitative estimate of drug-likeness (QED) is 0.168. The zero-order valence-corrected chi connectivity index (χ0v) is 19.9. The molecule has 6 nitrogen and oxygen atoms in total. The Bertz CT molecular complexity index is 554. The van der Waals surface area contributed by atoms with Crippen LogP contribution in [-0.4, -0.2) is 39.6 Å². The van der Waals surface area contributed by atoms with Gasteiger partial charge in [-0.05, 0) is 18.4 Å². The van der Waals surface area contributed by atoms with Crippen LogP contribution in [0.25, 0.3) is 0 Å². The molecule has 0 saturated heterocycles. The highest BCUT2D eigenvalue weighted by Crippen LogP contribution is 2.49.